The SMILES string of the molecule is CC(CNC(=O)CN(c1cc(Cl)c(Cl)cc1Cl)S(C)(=O)=O)Cc1cccc2ccccc12. The van der Waals surface area contributed by atoms with Crippen LogP contribution in [0.5, 0.6) is 0 Å². The van der Waals surface area contributed by atoms with Gasteiger partial charge < -0.3 is 5.32 Å². The zero-order chi connectivity index (χ0) is 23.5. The normalized spacial score (nSPS) is 12.5. The highest BCUT2D eigenvalue weighted by atomic mass is 35.5. The van der Waals surface area contributed by atoms with Gasteiger partial charge in [0.05, 0.1) is 27.0 Å². The Bertz CT molecular complexity index is 1240. The van der Waals surface area contributed by atoms with E-state index in [9.17, 15) is 13.2 Å². The molecule has 3 rings (SSSR count). The van der Waals surface area contributed by atoms with Gasteiger partial charge in [-0.2, -0.15) is 0 Å². The minimum atomic E-state index is -3.79. The molecule has 0 heterocycles. The zero-order valence-corrected chi connectivity index (χ0v) is 20.7. The predicted octanol–water partition coefficient (Wildman–Crippen LogP) is 5.56. The minimum Gasteiger partial charge on any atom is -0.354 e. The summed E-state index contributed by atoms with van der Waals surface area (Å²) in [7, 11) is -3.79. The monoisotopic (exact) mass is 512 g/mol. The van der Waals surface area contributed by atoms with Gasteiger partial charge in [-0.3, -0.25) is 9.10 Å². The van der Waals surface area contributed by atoms with Crippen LogP contribution < -0.4 is 9.62 Å². The predicted molar refractivity (Wildman–Crippen MR) is 133 cm³/mol. The lowest BCUT2D eigenvalue weighted by molar-refractivity contribution is -0.119. The van der Waals surface area contributed by atoms with Gasteiger partial charge in [0.1, 0.15) is 6.54 Å². The van der Waals surface area contributed by atoms with Crippen LogP contribution in [0.25, 0.3) is 10.8 Å². The first-order valence-corrected chi connectivity index (χ1v) is 12.9. The number of nitrogens with one attached hydrogen (secondary N) is 1. The number of carbonyl (C=O) groups is 1. The van der Waals surface area contributed by atoms with E-state index < -0.39 is 22.5 Å². The number of sulfonamides is 1. The van der Waals surface area contributed by atoms with E-state index in [1.165, 1.54) is 28.5 Å². The summed E-state index contributed by atoms with van der Waals surface area (Å²) < 4.78 is 25.6. The highest BCUT2D eigenvalue weighted by Crippen LogP contribution is 2.35. The second-order valence-electron chi connectivity index (χ2n) is 7.74. The minimum absolute atomic E-state index is 0.0851. The van der Waals surface area contributed by atoms with Crippen LogP contribution in [-0.2, 0) is 21.2 Å². The quantitative estimate of drug-likeness (QED) is 0.401. The van der Waals surface area contributed by atoms with Crippen molar-refractivity contribution in [1.29, 1.82) is 0 Å². The average molecular weight is 514 g/mol. The molecule has 3 aromatic carbocycles. The standard InChI is InChI=1S/C23H23Cl3N2O3S/c1-15(10-17-8-5-7-16-6-3-4-9-18(16)17)13-27-23(29)14-28(32(2,30)31)22-12-20(25)19(24)11-21(22)26/h3-9,11-12,15H,10,13-14H2,1-2H3,(H,27,29). The number of nitrogens with zero attached hydrogens (tertiary/aromatic N) is 1. The van der Waals surface area contributed by atoms with Gasteiger partial charge in [-0.05, 0) is 40.8 Å². The van der Waals surface area contributed by atoms with Crippen molar-refractivity contribution >= 4 is 67.2 Å². The molecule has 0 spiro atoms. The van der Waals surface area contributed by atoms with Crippen molar-refractivity contribution in [2.24, 2.45) is 5.92 Å². The van der Waals surface area contributed by atoms with Crippen molar-refractivity contribution in [3.8, 4) is 0 Å². The highest BCUT2D eigenvalue weighted by molar-refractivity contribution is 7.92. The van der Waals surface area contributed by atoms with Crippen LogP contribution in [0.2, 0.25) is 15.1 Å². The molecule has 1 unspecified atom stereocenters. The molecule has 0 radical (unpaired) electrons. The lowest BCUT2D eigenvalue weighted by Gasteiger charge is -2.24. The van der Waals surface area contributed by atoms with Crippen LogP contribution in [0.3, 0.4) is 0 Å². The smallest absolute Gasteiger partial charge is 0.240 e. The molecule has 170 valence electrons. The number of halogens is 3. The zero-order valence-electron chi connectivity index (χ0n) is 17.6. The number of rotatable bonds is 8. The molecule has 1 amide bonds. The van der Waals surface area contributed by atoms with E-state index in [1.807, 2.05) is 25.1 Å². The largest absolute Gasteiger partial charge is 0.354 e. The Hall–Kier alpha value is -1.99. The third-order valence-electron chi connectivity index (χ3n) is 5.04. The summed E-state index contributed by atoms with van der Waals surface area (Å²) >= 11 is 18.1. The van der Waals surface area contributed by atoms with Gasteiger partial charge in [-0.1, -0.05) is 84.2 Å². The van der Waals surface area contributed by atoms with Gasteiger partial charge in [0.25, 0.3) is 0 Å². The first-order valence-electron chi connectivity index (χ1n) is 9.92. The van der Waals surface area contributed by atoms with Crippen LogP contribution in [0.4, 0.5) is 5.69 Å². The van der Waals surface area contributed by atoms with E-state index in [0.29, 0.717) is 6.54 Å². The van der Waals surface area contributed by atoms with Crippen LogP contribution in [0, 0.1) is 5.92 Å². The summed E-state index contributed by atoms with van der Waals surface area (Å²) in [6, 6.07) is 17.0. The number of anilines is 1. The third-order valence-corrected chi connectivity index (χ3v) is 7.19. The molecule has 0 aliphatic rings. The highest BCUT2D eigenvalue weighted by Gasteiger charge is 2.24. The molecule has 0 aliphatic heterocycles. The molecule has 1 N–H and O–H groups in total. The summed E-state index contributed by atoms with van der Waals surface area (Å²) in [6.07, 6.45) is 1.78. The van der Waals surface area contributed by atoms with Crippen molar-refractivity contribution in [2.45, 2.75) is 13.3 Å². The molecule has 1 atom stereocenters. The number of hydrogen-bond acceptors (Lipinski definition) is 3. The number of amides is 1. The Morgan fingerprint density at radius 2 is 1.66 bits per heavy atom. The molecule has 0 bridgehead atoms. The van der Waals surface area contributed by atoms with Crippen molar-refractivity contribution in [3.05, 3.63) is 75.2 Å². The van der Waals surface area contributed by atoms with Crippen molar-refractivity contribution in [2.75, 3.05) is 23.7 Å². The second kappa shape index (κ2) is 10.3. The van der Waals surface area contributed by atoms with E-state index >= 15 is 0 Å². The number of hydrogen-bond donors (Lipinski definition) is 1. The van der Waals surface area contributed by atoms with Gasteiger partial charge in [0.2, 0.25) is 15.9 Å². The summed E-state index contributed by atoms with van der Waals surface area (Å²) in [5.41, 5.74) is 1.30. The maximum atomic E-state index is 12.6. The second-order valence-corrected chi connectivity index (χ2v) is 10.9. The lowest BCUT2D eigenvalue weighted by atomic mass is 9.96. The fourth-order valence-electron chi connectivity index (χ4n) is 3.48. The van der Waals surface area contributed by atoms with Gasteiger partial charge in [-0.25, -0.2) is 8.42 Å². The van der Waals surface area contributed by atoms with E-state index in [2.05, 4.69) is 29.6 Å². The van der Waals surface area contributed by atoms with E-state index in [1.54, 1.807) is 0 Å². The van der Waals surface area contributed by atoms with Gasteiger partial charge in [0, 0.05) is 6.54 Å². The average Bonchev–Trinajstić information content (AvgIpc) is 2.73. The fraction of sp³-hybridized carbons (Fsp3) is 0.261. The molecule has 3 aromatic rings. The Kier molecular flexibility index (Phi) is 7.93. The molecular formula is C23H23Cl3N2O3S. The summed E-state index contributed by atoms with van der Waals surface area (Å²) in [4.78, 5) is 12.6. The van der Waals surface area contributed by atoms with Crippen molar-refractivity contribution < 1.29 is 13.2 Å². The fourth-order valence-corrected chi connectivity index (χ4v) is 5.03. The maximum Gasteiger partial charge on any atom is 0.240 e. The molecule has 9 heteroatoms. The Balaban J connectivity index is 1.67. The van der Waals surface area contributed by atoms with E-state index in [4.69, 9.17) is 34.8 Å². The topological polar surface area (TPSA) is 66.5 Å². The first kappa shape index (κ1) is 24.6. The third kappa shape index (κ3) is 6.07. The molecule has 5 nitrogen and oxygen atoms in total. The van der Waals surface area contributed by atoms with Crippen LogP contribution in [0.15, 0.2) is 54.6 Å². The Morgan fingerprint density at radius 1 is 1.00 bits per heavy atom. The molecule has 0 aromatic heterocycles. The van der Waals surface area contributed by atoms with Gasteiger partial charge >= 0.3 is 0 Å². The molecule has 0 fully saturated rings. The van der Waals surface area contributed by atoms with Crippen LogP contribution >= 0.6 is 34.8 Å². The lowest BCUT2D eigenvalue weighted by Crippen LogP contribution is -2.41. The first-order chi connectivity index (χ1) is 15.1. The summed E-state index contributed by atoms with van der Waals surface area (Å²) in [5, 5.41) is 5.60. The summed E-state index contributed by atoms with van der Waals surface area (Å²) in [6.45, 7) is 2.01. The van der Waals surface area contributed by atoms with Crippen LogP contribution in [0.1, 0.15) is 12.5 Å². The van der Waals surface area contributed by atoms with Crippen molar-refractivity contribution in [1.82, 2.24) is 5.32 Å². The van der Waals surface area contributed by atoms with E-state index in [-0.39, 0.29) is 26.7 Å². The van der Waals surface area contributed by atoms with Gasteiger partial charge in [-0.15, -0.1) is 0 Å². The molecular weight excluding hydrogens is 491 g/mol. The molecule has 0 saturated heterocycles. The van der Waals surface area contributed by atoms with Gasteiger partial charge in [0.15, 0.2) is 0 Å². The number of fused-ring (bicyclic) bond motifs is 1. The van der Waals surface area contributed by atoms with Crippen molar-refractivity contribution in [3.63, 3.8) is 0 Å². The molecule has 0 aliphatic carbocycles. The number of benzene rings is 3. The Labute approximate surface area is 203 Å². The molecule has 0 saturated carbocycles. The van der Waals surface area contributed by atoms with E-state index in [0.717, 1.165) is 17.0 Å². The molecule has 32 heavy (non-hydrogen) atoms. The van der Waals surface area contributed by atoms with Crippen LogP contribution in [-0.4, -0.2) is 33.7 Å². The number of carbonyl (C=O) groups excluding carboxylic acids is 1. The maximum absolute atomic E-state index is 12.6. The summed E-state index contributed by atoms with van der Waals surface area (Å²) in [5.74, 6) is -0.299. The Morgan fingerprint density at radius 3 is 2.38 bits per heavy atom.